The second-order valence-electron chi connectivity index (χ2n) is 9.47. The van der Waals surface area contributed by atoms with E-state index in [2.05, 4.69) is 26.6 Å². The van der Waals surface area contributed by atoms with E-state index in [-0.39, 0.29) is 34.4 Å². The predicted octanol–water partition coefficient (Wildman–Crippen LogP) is 1.27. The lowest BCUT2D eigenvalue weighted by molar-refractivity contribution is -0.142. The van der Waals surface area contributed by atoms with Crippen LogP contribution >= 0.6 is 27.7 Å². The number of aliphatic hydroxyl groups excluding tert-OH is 1. The molecule has 0 saturated carbocycles. The Labute approximate surface area is 185 Å². The third kappa shape index (κ3) is 3.71. The number of nitrogens with one attached hydrogen (secondary N) is 2. The smallest absolute Gasteiger partial charge is 0.244 e. The first-order valence-corrected chi connectivity index (χ1v) is 12.1. The molecule has 3 aliphatic rings. The summed E-state index contributed by atoms with van der Waals surface area (Å²) in [6.45, 7) is 9.80. The minimum Gasteiger partial charge on any atom is -0.394 e. The fourth-order valence-electron chi connectivity index (χ4n) is 5.03. The number of halogens is 1. The largest absolute Gasteiger partial charge is 0.394 e. The molecule has 3 unspecified atom stereocenters. The Hall–Kier alpha value is -0.800. The lowest BCUT2D eigenvalue weighted by Crippen LogP contribution is -2.59. The van der Waals surface area contributed by atoms with Crippen LogP contribution < -0.4 is 10.6 Å². The molecule has 3 heterocycles. The number of aliphatic hydroxyl groups is 1. The highest BCUT2D eigenvalue weighted by atomic mass is 79.9. The molecule has 0 aromatic carbocycles. The summed E-state index contributed by atoms with van der Waals surface area (Å²) in [6, 6.07) is -1.20. The van der Waals surface area contributed by atoms with Gasteiger partial charge in [0.15, 0.2) is 0 Å². The van der Waals surface area contributed by atoms with E-state index >= 15 is 0 Å². The summed E-state index contributed by atoms with van der Waals surface area (Å²) in [6.07, 6.45) is 1.47. The number of carbonyl (C=O) groups excluding carboxylic acids is 3. The van der Waals surface area contributed by atoms with Crippen LogP contribution in [0.25, 0.3) is 0 Å². The Balaban J connectivity index is 2.03. The Morgan fingerprint density at radius 2 is 2.03 bits per heavy atom. The number of likely N-dealkylation sites (tertiary alicyclic amines) is 1. The first-order valence-electron chi connectivity index (χ1n) is 10.3. The molecule has 0 aromatic heterocycles. The Morgan fingerprint density at radius 3 is 2.59 bits per heavy atom. The molecule has 164 valence electrons. The van der Waals surface area contributed by atoms with Gasteiger partial charge < -0.3 is 20.6 Å². The molecule has 3 rings (SSSR count). The maximum atomic E-state index is 13.6. The van der Waals surface area contributed by atoms with Gasteiger partial charge in [-0.1, -0.05) is 22.9 Å². The number of thioether (sulfide) groups is 1. The maximum absolute atomic E-state index is 13.6. The average molecular weight is 490 g/mol. The summed E-state index contributed by atoms with van der Waals surface area (Å²) in [5, 5.41) is 15.7. The van der Waals surface area contributed by atoms with Gasteiger partial charge >= 0.3 is 0 Å². The highest BCUT2D eigenvalue weighted by molar-refractivity contribution is 9.09. The fourth-order valence-corrected chi connectivity index (χ4v) is 8.63. The van der Waals surface area contributed by atoms with Crippen molar-refractivity contribution in [1.29, 1.82) is 0 Å². The molecule has 0 aliphatic carbocycles. The van der Waals surface area contributed by atoms with Crippen molar-refractivity contribution in [2.24, 2.45) is 11.8 Å². The molecule has 1 spiro atoms. The first kappa shape index (κ1) is 22.9. The quantitative estimate of drug-likeness (QED) is 0.488. The van der Waals surface area contributed by atoms with E-state index in [1.807, 2.05) is 27.7 Å². The molecule has 2 bridgehead atoms. The van der Waals surface area contributed by atoms with Crippen molar-refractivity contribution in [2.75, 3.05) is 13.2 Å². The van der Waals surface area contributed by atoms with E-state index in [1.54, 1.807) is 23.6 Å². The summed E-state index contributed by atoms with van der Waals surface area (Å²) < 4.78 is -0.664. The average Bonchev–Trinajstić information content (AvgIpc) is 3.21. The number of fused-ring (bicyclic) bond motifs is 1. The molecular weight excluding hydrogens is 458 g/mol. The van der Waals surface area contributed by atoms with Gasteiger partial charge in [0.2, 0.25) is 17.7 Å². The number of nitrogens with zero attached hydrogens (tertiary/aromatic N) is 1. The van der Waals surface area contributed by atoms with Crippen molar-refractivity contribution < 1.29 is 19.5 Å². The van der Waals surface area contributed by atoms with Gasteiger partial charge in [0.05, 0.1) is 29.2 Å². The molecule has 3 fully saturated rings. The molecule has 29 heavy (non-hydrogen) atoms. The minimum atomic E-state index is -0.708. The minimum absolute atomic E-state index is 0.0441. The lowest BCUT2D eigenvalue weighted by atomic mass is 9.70. The highest BCUT2D eigenvalue weighted by Gasteiger charge is 2.76. The molecule has 0 aromatic rings. The van der Waals surface area contributed by atoms with Gasteiger partial charge in [-0.05, 0) is 40.5 Å². The summed E-state index contributed by atoms with van der Waals surface area (Å²) in [4.78, 5) is 41.6. The van der Waals surface area contributed by atoms with Gasteiger partial charge in [-0.2, -0.15) is 0 Å². The van der Waals surface area contributed by atoms with Crippen LogP contribution in [0.15, 0.2) is 0 Å². The molecule has 7 nitrogen and oxygen atoms in total. The molecule has 3 amide bonds. The van der Waals surface area contributed by atoms with Gasteiger partial charge in [-0.15, -0.1) is 11.8 Å². The normalized spacial score (nSPS) is 36.9. The van der Waals surface area contributed by atoms with Gasteiger partial charge in [0.1, 0.15) is 6.04 Å². The topological polar surface area (TPSA) is 98.7 Å². The summed E-state index contributed by atoms with van der Waals surface area (Å²) in [5.74, 6) is -1.53. The number of carbonyl (C=O) groups is 3. The number of rotatable bonds is 6. The van der Waals surface area contributed by atoms with Crippen LogP contribution in [0.4, 0.5) is 0 Å². The lowest BCUT2D eigenvalue weighted by Gasteiger charge is -2.38. The summed E-state index contributed by atoms with van der Waals surface area (Å²) >= 11 is 5.34. The monoisotopic (exact) mass is 489 g/mol. The van der Waals surface area contributed by atoms with Gasteiger partial charge in [0.25, 0.3) is 0 Å². The van der Waals surface area contributed by atoms with E-state index in [9.17, 15) is 19.5 Å². The molecule has 0 radical (unpaired) electrons. The fraction of sp³-hybridized carbons (Fsp3) is 0.850. The van der Waals surface area contributed by atoms with E-state index in [1.165, 1.54) is 0 Å². The van der Waals surface area contributed by atoms with Gasteiger partial charge in [0, 0.05) is 22.2 Å². The van der Waals surface area contributed by atoms with Crippen molar-refractivity contribution in [3.05, 3.63) is 0 Å². The van der Waals surface area contributed by atoms with Crippen LogP contribution in [0.5, 0.6) is 0 Å². The second-order valence-corrected chi connectivity index (χ2v) is 12.2. The second kappa shape index (κ2) is 8.04. The van der Waals surface area contributed by atoms with E-state index in [4.69, 9.17) is 0 Å². The third-order valence-electron chi connectivity index (χ3n) is 6.06. The van der Waals surface area contributed by atoms with E-state index in [0.29, 0.717) is 13.0 Å². The molecule has 3 aliphatic heterocycles. The summed E-state index contributed by atoms with van der Waals surface area (Å²) in [7, 11) is 0. The van der Waals surface area contributed by atoms with Crippen LogP contribution in [0.3, 0.4) is 0 Å². The number of alkyl halides is 1. The standard InChI is InChI=1S/C20H32BrN3O4S/c1-6-7-22-16(26)12-13-18(28)24(10(2)9-25)15(17(27)23-19(3,4)5)20(13)8-11(21)14(12)29-20/h10-15,25H,6-9H2,1-5H3,(H,22,26)(H,23,27)/t10-,11?,12+,13+,14+,15?,20?/m1/s1. The number of amides is 3. The highest BCUT2D eigenvalue weighted by Crippen LogP contribution is 2.67. The van der Waals surface area contributed by atoms with Gasteiger partial charge in [-0.25, -0.2) is 0 Å². The summed E-state index contributed by atoms with van der Waals surface area (Å²) in [5.41, 5.74) is -0.448. The van der Waals surface area contributed by atoms with Crippen molar-refractivity contribution in [1.82, 2.24) is 15.5 Å². The zero-order valence-electron chi connectivity index (χ0n) is 17.7. The Bertz CT molecular complexity index is 700. The zero-order chi connectivity index (χ0) is 21.7. The number of hydrogen-bond acceptors (Lipinski definition) is 5. The van der Waals surface area contributed by atoms with Crippen molar-refractivity contribution in [2.45, 2.75) is 79.9 Å². The van der Waals surface area contributed by atoms with Crippen LogP contribution in [0.1, 0.15) is 47.5 Å². The Morgan fingerprint density at radius 1 is 1.38 bits per heavy atom. The van der Waals surface area contributed by atoms with Gasteiger partial charge in [-0.3, -0.25) is 14.4 Å². The Kier molecular flexibility index (Phi) is 6.34. The predicted molar refractivity (Wildman–Crippen MR) is 117 cm³/mol. The maximum Gasteiger partial charge on any atom is 0.244 e. The molecule has 9 heteroatoms. The molecule has 3 saturated heterocycles. The molecule has 3 N–H and O–H groups in total. The number of hydrogen-bond donors (Lipinski definition) is 3. The first-order chi connectivity index (χ1) is 13.5. The van der Waals surface area contributed by atoms with Crippen molar-refractivity contribution in [3.63, 3.8) is 0 Å². The molecular formula is C20H32BrN3O4S. The SMILES string of the molecule is CCCNC(=O)[C@H]1[C@H]2C(=O)N([C@H](C)CO)C(C(=O)NC(C)(C)C)C23CC(Br)[C@@H]1S3. The third-order valence-corrected chi connectivity index (χ3v) is 9.28. The van der Waals surface area contributed by atoms with Crippen LogP contribution in [-0.2, 0) is 14.4 Å². The van der Waals surface area contributed by atoms with Crippen molar-refractivity contribution >= 4 is 45.4 Å². The van der Waals surface area contributed by atoms with Crippen LogP contribution in [-0.4, -0.2) is 73.3 Å². The zero-order valence-corrected chi connectivity index (χ0v) is 20.1. The van der Waals surface area contributed by atoms with E-state index in [0.717, 1.165) is 6.42 Å². The van der Waals surface area contributed by atoms with Crippen LogP contribution in [0, 0.1) is 11.8 Å². The van der Waals surface area contributed by atoms with Crippen LogP contribution in [0.2, 0.25) is 0 Å². The molecule has 7 atom stereocenters. The van der Waals surface area contributed by atoms with Crippen molar-refractivity contribution in [3.8, 4) is 0 Å². The van der Waals surface area contributed by atoms with E-state index < -0.39 is 34.2 Å².